The van der Waals surface area contributed by atoms with Crippen LogP contribution in [0, 0.1) is 0 Å². The molecule has 0 spiro atoms. The van der Waals surface area contributed by atoms with E-state index in [0.29, 0.717) is 0 Å². The number of hydrogen-bond acceptors (Lipinski definition) is 7. The van der Waals surface area contributed by atoms with Gasteiger partial charge in [-0.15, -0.1) is 28.3 Å². The third-order valence-electron chi connectivity index (χ3n) is 5.24. The molecule has 1 fully saturated rings. The first-order chi connectivity index (χ1) is 13.7. The van der Waals surface area contributed by atoms with Crippen molar-refractivity contribution in [1.29, 1.82) is 0 Å². The Morgan fingerprint density at radius 2 is 1.69 bits per heavy atom. The van der Waals surface area contributed by atoms with Crippen molar-refractivity contribution in [1.82, 2.24) is 9.88 Å². The van der Waals surface area contributed by atoms with Gasteiger partial charge in [-0.3, -0.25) is 4.90 Å². The summed E-state index contributed by atoms with van der Waals surface area (Å²) in [6.07, 6.45) is 0.711. The topological polar surface area (TPSA) is 63.9 Å². The minimum Gasteiger partial charge on any atom is -0.495 e. The molecular formula is C21H27BrN4O2S. The van der Waals surface area contributed by atoms with Crippen LogP contribution >= 0.6 is 28.3 Å². The third kappa shape index (κ3) is 4.66. The van der Waals surface area contributed by atoms with Crippen molar-refractivity contribution in [2.24, 2.45) is 5.73 Å². The molecule has 8 heteroatoms. The van der Waals surface area contributed by atoms with Crippen LogP contribution in [0.3, 0.4) is 0 Å². The summed E-state index contributed by atoms with van der Waals surface area (Å²) in [4.78, 5) is 9.47. The highest BCUT2D eigenvalue weighted by Crippen LogP contribution is 2.31. The van der Waals surface area contributed by atoms with Crippen LogP contribution in [0.15, 0.2) is 42.5 Å². The molecule has 1 aromatic heterocycles. The number of nitrogens with two attached hydrogens (primary N) is 1. The molecule has 1 saturated heterocycles. The molecule has 0 bridgehead atoms. The standard InChI is InChI=1S/C21H26N4O2S.BrH/c1-26-16-7-4-3-6-15(16)24-10-12-25(13-11-24)19(22)14-20-23-21-17(27-2)8-5-9-18(21)28-20;/h3-9,19H,10-14,22H2,1-2H3;1H. The van der Waals surface area contributed by atoms with Gasteiger partial charge in [-0.1, -0.05) is 18.2 Å². The molecule has 29 heavy (non-hydrogen) atoms. The molecule has 2 N–H and O–H groups in total. The fraction of sp³-hybridized carbons (Fsp3) is 0.381. The lowest BCUT2D eigenvalue weighted by Gasteiger charge is -2.39. The summed E-state index contributed by atoms with van der Waals surface area (Å²) in [6.45, 7) is 3.71. The summed E-state index contributed by atoms with van der Waals surface area (Å²) >= 11 is 1.70. The van der Waals surface area contributed by atoms with Gasteiger partial charge in [0.2, 0.25) is 0 Å². The Morgan fingerprint density at radius 3 is 2.41 bits per heavy atom. The monoisotopic (exact) mass is 478 g/mol. The van der Waals surface area contributed by atoms with Gasteiger partial charge in [-0.2, -0.15) is 0 Å². The number of aromatic nitrogens is 1. The molecule has 3 aromatic rings. The molecule has 1 aliphatic rings. The largest absolute Gasteiger partial charge is 0.495 e. The lowest BCUT2D eigenvalue weighted by Crippen LogP contribution is -2.54. The lowest BCUT2D eigenvalue weighted by molar-refractivity contribution is 0.187. The van der Waals surface area contributed by atoms with Gasteiger partial charge in [-0.05, 0) is 24.3 Å². The number of nitrogens with zero attached hydrogens (tertiary/aromatic N) is 3. The Morgan fingerprint density at radius 1 is 1.00 bits per heavy atom. The number of thiazole rings is 1. The first-order valence-corrected chi connectivity index (χ1v) is 10.3. The van der Waals surface area contributed by atoms with Crippen LogP contribution in [0.4, 0.5) is 5.69 Å². The molecule has 156 valence electrons. The van der Waals surface area contributed by atoms with E-state index < -0.39 is 0 Å². The normalized spacial score (nSPS) is 15.8. The number of methoxy groups -OCH3 is 2. The molecule has 2 heterocycles. The average Bonchev–Trinajstić information content (AvgIpc) is 3.16. The molecule has 2 aromatic carbocycles. The van der Waals surface area contributed by atoms with Gasteiger partial charge in [0.25, 0.3) is 0 Å². The van der Waals surface area contributed by atoms with Crippen molar-refractivity contribution >= 4 is 44.2 Å². The zero-order valence-electron chi connectivity index (χ0n) is 16.7. The zero-order chi connectivity index (χ0) is 19.5. The van der Waals surface area contributed by atoms with E-state index in [-0.39, 0.29) is 23.1 Å². The van der Waals surface area contributed by atoms with E-state index in [0.717, 1.165) is 65.0 Å². The molecule has 0 amide bonds. The second-order valence-electron chi connectivity index (χ2n) is 6.88. The number of fused-ring (bicyclic) bond motifs is 1. The number of halogens is 1. The Bertz CT molecular complexity index is 943. The minimum absolute atomic E-state index is 0. The maximum absolute atomic E-state index is 6.53. The smallest absolute Gasteiger partial charge is 0.145 e. The van der Waals surface area contributed by atoms with E-state index in [1.54, 1.807) is 25.6 Å². The van der Waals surface area contributed by atoms with E-state index >= 15 is 0 Å². The van der Waals surface area contributed by atoms with Crippen LogP contribution in [0.25, 0.3) is 10.2 Å². The summed E-state index contributed by atoms with van der Waals surface area (Å²) in [7, 11) is 3.40. The minimum atomic E-state index is -0.0358. The van der Waals surface area contributed by atoms with Gasteiger partial charge in [0.05, 0.1) is 35.8 Å². The van der Waals surface area contributed by atoms with Crippen LogP contribution in [0.1, 0.15) is 5.01 Å². The van der Waals surface area contributed by atoms with E-state index in [1.165, 1.54) is 0 Å². The second kappa shape index (κ2) is 9.75. The van der Waals surface area contributed by atoms with Gasteiger partial charge in [0.1, 0.15) is 17.0 Å². The number of benzene rings is 2. The number of ether oxygens (including phenoxy) is 2. The Labute approximate surface area is 186 Å². The van der Waals surface area contributed by atoms with Crippen molar-refractivity contribution in [2.45, 2.75) is 12.6 Å². The highest BCUT2D eigenvalue weighted by Gasteiger charge is 2.24. The quantitative estimate of drug-likeness (QED) is 0.584. The Balaban J connectivity index is 0.00000240. The van der Waals surface area contributed by atoms with Crippen molar-refractivity contribution < 1.29 is 9.47 Å². The zero-order valence-corrected chi connectivity index (χ0v) is 19.2. The summed E-state index contributed by atoms with van der Waals surface area (Å²) < 4.78 is 12.1. The third-order valence-corrected chi connectivity index (χ3v) is 6.28. The van der Waals surface area contributed by atoms with Crippen LogP contribution < -0.4 is 20.1 Å². The Hall–Kier alpha value is -1.87. The van der Waals surface area contributed by atoms with Crippen LogP contribution in [-0.4, -0.2) is 56.4 Å². The molecule has 1 unspecified atom stereocenters. The van der Waals surface area contributed by atoms with Gasteiger partial charge < -0.3 is 20.1 Å². The molecular weight excluding hydrogens is 452 g/mol. The Kier molecular flexibility index (Phi) is 7.34. The SMILES string of the molecule is Br.COc1ccccc1N1CCN(C(N)Cc2nc3c(OC)cccc3s2)CC1. The number of piperazine rings is 1. The highest BCUT2D eigenvalue weighted by molar-refractivity contribution is 8.93. The first-order valence-electron chi connectivity index (χ1n) is 9.49. The van der Waals surface area contributed by atoms with E-state index in [4.69, 9.17) is 20.2 Å². The van der Waals surface area contributed by atoms with Crippen LogP contribution in [0.5, 0.6) is 11.5 Å². The van der Waals surface area contributed by atoms with Crippen molar-refractivity contribution in [3.05, 3.63) is 47.5 Å². The summed E-state index contributed by atoms with van der Waals surface area (Å²) in [5, 5.41) is 1.05. The lowest BCUT2D eigenvalue weighted by atomic mass is 10.2. The van der Waals surface area contributed by atoms with Crippen molar-refractivity contribution in [3.63, 3.8) is 0 Å². The van der Waals surface area contributed by atoms with Crippen LogP contribution in [-0.2, 0) is 6.42 Å². The maximum atomic E-state index is 6.53. The van der Waals surface area contributed by atoms with E-state index in [2.05, 4.69) is 28.0 Å². The predicted octanol–water partition coefficient (Wildman–Crippen LogP) is 3.54. The summed E-state index contributed by atoms with van der Waals surface area (Å²) in [6, 6.07) is 14.2. The molecule has 4 rings (SSSR count). The molecule has 0 saturated carbocycles. The van der Waals surface area contributed by atoms with Crippen molar-refractivity contribution in [3.8, 4) is 11.5 Å². The molecule has 6 nitrogen and oxygen atoms in total. The molecule has 1 atom stereocenters. The highest BCUT2D eigenvalue weighted by atomic mass is 79.9. The van der Waals surface area contributed by atoms with E-state index in [1.807, 2.05) is 24.3 Å². The predicted molar refractivity (Wildman–Crippen MR) is 125 cm³/mol. The molecule has 0 aliphatic carbocycles. The van der Waals surface area contributed by atoms with Gasteiger partial charge in [0, 0.05) is 32.6 Å². The molecule has 1 aliphatic heterocycles. The fourth-order valence-electron chi connectivity index (χ4n) is 3.71. The maximum Gasteiger partial charge on any atom is 0.145 e. The number of rotatable bonds is 6. The summed E-state index contributed by atoms with van der Waals surface area (Å²) in [5.41, 5.74) is 8.61. The van der Waals surface area contributed by atoms with Gasteiger partial charge in [-0.25, -0.2) is 4.98 Å². The number of anilines is 1. The first kappa shape index (κ1) is 21.8. The average molecular weight is 479 g/mol. The fourth-order valence-corrected chi connectivity index (χ4v) is 4.75. The van der Waals surface area contributed by atoms with Crippen molar-refractivity contribution in [2.75, 3.05) is 45.3 Å². The van der Waals surface area contributed by atoms with E-state index in [9.17, 15) is 0 Å². The summed E-state index contributed by atoms with van der Waals surface area (Å²) in [5.74, 6) is 1.74. The number of hydrogen-bond donors (Lipinski definition) is 1. The van der Waals surface area contributed by atoms with Crippen LogP contribution in [0.2, 0.25) is 0 Å². The van der Waals surface area contributed by atoms with Gasteiger partial charge >= 0.3 is 0 Å². The molecule has 0 radical (unpaired) electrons. The second-order valence-corrected chi connectivity index (χ2v) is 8.00. The van der Waals surface area contributed by atoms with Gasteiger partial charge in [0.15, 0.2) is 0 Å². The number of para-hydroxylation sites is 3.